The minimum absolute atomic E-state index is 0.0753. The van der Waals surface area contributed by atoms with Crippen molar-refractivity contribution in [1.82, 2.24) is 5.16 Å². The first kappa shape index (κ1) is 25.1. The Morgan fingerprint density at radius 3 is 2.44 bits per heavy atom. The third kappa shape index (κ3) is 5.51. The fourth-order valence-corrected chi connectivity index (χ4v) is 4.81. The van der Waals surface area contributed by atoms with Crippen molar-refractivity contribution in [3.8, 4) is 22.6 Å². The number of aromatic nitrogens is 1. The van der Waals surface area contributed by atoms with Crippen molar-refractivity contribution in [2.24, 2.45) is 0 Å². The maximum Gasteiger partial charge on any atom is 0.262 e. The minimum atomic E-state index is -4.01. The van der Waals surface area contributed by atoms with E-state index < -0.39 is 10.0 Å². The summed E-state index contributed by atoms with van der Waals surface area (Å²) in [6, 6.07) is 10.00. The molecule has 10 heteroatoms. The van der Waals surface area contributed by atoms with E-state index in [1.807, 2.05) is 20.8 Å². The molecule has 0 atom stereocenters. The van der Waals surface area contributed by atoms with Gasteiger partial charge in [-0.1, -0.05) is 24.2 Å². The smallest absolute Gasteiger partial charge is 0.262 e. The molecule has 34 heavy (non-hydrogen) atoms. The van der Waals surface area contributed by atoms with Crippen LogP contribution >= 0.6 is 0 Å². The third-order valence-corrected chi connectivity index (χ3v) is 6.47. The number of anilines is 2. The average Bonchev–Trinajstić information content (AvgIpc) is 3.17. The summed E-state index contributed by atoms with van der Waals surface area (Å²) in [6.45, 7) is 9.44. The number of hydrogen-bond donors (Lipinski definition) is 2. The molecule has 0 spiro atoms. The van der Waals surface area contributed by atoms with Crippen molar-refractivity contribution in [2.45, 2.75) is 45.9 Å². The number of benzene rings is 2. The number of hydrogen-bond acceptors (Lipinski definition) is 7. The quantitative estimate of drug-likeness (QED) is 0.423. The number of nitrogens with one attached hydrogen (secondary N) is 2. The number of amides is 1. The summed E-state index contributed by atoms with van der Waals surface area (Å²) < 4.78 is 46.0. The summed E-state index contributed by atoms with van der Waals surface area (Å²) in [7, 11) is -4.01. The van der Waals surface area contributed by atoms with Crippen LogP contribution in [0.1, 0.15) is 39.0 Å². The van der Waals surface area contributed by atoms with Crippen molar-refractivity contribution >= 4 is 27.5 Å². The zero-order chi connectivity index (χ0) is 24.9. The average molecular weight is 488 g/mol. The van der Waals surface area contributed by atoms with E-state index in [-0.39, 0.29) is 22.4 Å². The van der Waals surface area contributed by atoms with Gasteiger partial charge >= 0.3 is 0 Å². The highest BCUT2D eigenvalue weighted by atomic mass is 32.2. The fraction of sp³-hybridized carbons (Fsp3) is 0.333. The van der Waals surface area contributed by atoms with Crippen molar-refractivity contribution in [3.63, 3.8) is 0 Å². The second-order valence-corrected chi connectivity index (χ2v) is 9.13. The molecule has 0 aliphatic heterocycles. The molecule has 1 heterocycles. The number of carbonyl (C=O) groups excluding carboxylic acids is 1. The van der Waals surface area contributed by atoms with Crippen LogP contribution in [-0.4, -0.2) is 32.7 Å². The van der Waals surface area contributed by atoms with Gasteiger partial charge < -0.3 is 14.0 Å². The van der Waals surface area contributed by atoms with Gasteiger partial charge in [-0.15, -0.1) is 0 Å². The monoisotopic (exact) mass is 487 g/mol. The van der Waals surface area contributed by atoms with Crippen molar-refractivity contribution < 1.29 is 27.2 Å². The van der Waals surface area contributed by atoms with Crippen molar-refractivity contribution in [1.29, 1.82) is 0 Å². The molecule has 9 nitrogen and oxygen atoms in total. The SMILES string of the molecule is CCOc1ccc(OCC)c(NS(=O)(=O)c2cc(-c3c(CC)noc3NC(C)=O)ccc2C)c1. The molecule has 0 radical (unpaired) electrons. The molecule has 0 fully saturated rings. The number of carbonyl (C=O) groups is 1. The van der Waals surface area contributed by atoms with E-state index in [0.717, 1.165) is 0 Å². The Bertz CT molecular complexity index is 1280. The molecule has 3 aromatic rings. The van der Waals surface area contributed by atoms with Crippen molar-refractivity contribution in [2.75, 3.05) is 23.3 Å². The maximum atomic E-state index is 13.5. The molecule has 182 valence electrons. The lowest BCUT2D eigenvalue weighted by atomic mass is 10.0. The molecule has 1 amide bonds. The van der Waals surface area contributed by atoms with E-state index in [0.29, 0.717) is 53.5 Å². The predicted octanol–water partition coefficient (Wildman–Crippen LogP) is 4.77. The van der Waals surface area contributed by atoms with Crippen LogP contribution in [0.4, 0.5) is 11.6 Å². The largest absolute Gasteiger partial charge is 0.494 e. The number of aryl methyl sites for hydroxylation is 2. The Balaban J connectivity index is 2.07. The van der Waals surface area contributed by atoms with Crippen LogP contribution in [0.25, 0.3) is 11.1 Å². The molecule has 2 N–H and O–H groups in total. The molecule has 0 saturated heterocycles. The van der Waals surface area contributed by atoms with Crippen LogP contribution < -0.4 is 19.5 Å². The van der Waals surface area contributed by atoms with E-state index in [4.69, 9.17) is 14.0 Å². The minimum Gasteiger partial charge on any atom is -0.494 e. The standard InChI is InChI=1S/C24H29N3O6S/c1-6-19-23(24(33-26-19)25-16(5)28)17-10-9-15(4)22(13-17)34(29,30)27-20-14-18(31-7-2)11-12-21(20)32-8-3/h9-14,27H,6-8H2,1-5H3,(H,25,28). The Kier molecular flexibility index (Phi) is 7.83. The Morgan fingerprint density at radius 2 is 1.79 bits per heavy atom. The first-order valence-electron chi connectivity index (χ1n) is 11.0. The fourth-order valence-electron chi connectivity index (χ4n) is 3.48. The third-order valence-electron chi connectivity index (χ3n) is 4.96. The lowest BCUT2D eigenvalue weighted by Crippen LogP contribution is -2.15. The Morgan fingerprint density at radius 1 is 1.06 bits per heavy atom. The van der Waals surface area contributed by atoms with E-state index in [1.165, 1.54) is 6.92 Å². The van der Waals surface area contributed by atoms with Gasteiger partial charge in [-0.05, 0) is 56.5 Å². The number of sulfonamides is 1. The van der Waals surface area contributed by atoms with Gasteiger partial charge in [0.15, 0.2) is 0 Å². The highest BCUT2D eigenvalue weighted by Gasteiger charge is 2.24. The normalized spacial score (nSPS) is 11.2. The molecule has 0 bridgehead atoms. The van der Waals surface area contributed by atoms with Gasteiger partial charge in [0.2, 0.25) is 11.8 Å². The maximum absolute atomic E-state index is 13.5. The summed E-state index contributed by atoms with van der Waals surface area (Å²) in [5, 5.41) is 6.64. The van der Waals surface area contributed by atoms with Crippen molar-refractivity contribution in [3.05, 3.63) is 47.7 Å². The van der Waals surface area contributed by atoms with Crippen LogP contribution in [0.3, 0.4) is 0 Å². The number of nitrogens with zero attached hydrogens (tertiary/aromatic N) is 1. The first-order valence-corrected chi connectivity index (χ1v) is 12.5. The van der Waals surface area contributed by atoms with Crippen LogP contribution in [0.15, 0.2) is 45.8 Å². The molecule has 0 unspecified atom stereocenters. The summed E-state index contributed by atoms with van der Waals surface area (Å²) in [6.07, 6.45) is 0.536. The second-order valence-electron chi connectivity index (χ2n) is 7.48. The van der Waals surface area contributed by atoms with Gasteiger partial charge in [0.1, 0.15) is 11.5 Å². The number of rotatable bonds is 10. The molecule has 1 aromatic heterocycles. The van der Waals surface area contributed by atoms with E-state index in [9.17, 15) is 13.2 Å². The van der Waals surface area contributed by atoms with Gasteiger partial charge in [-0.25, -0.2) is 8.42 Å². The lowest BCUT2D eigenvalue weighted by Gasteiger charge is -2.16. The first-order chi connectivity index (χ1) is 16.2. The Hall–Kier alpha value is -3.53. The summed E-state index contributed by atoms with van der Waals surface area (Å²) in [5.41, 5.74) is 2.52. The summed E-state index contributed by atoms with van der Waals surface area (Å²) in [4.78, 5) is 11.7. The zero-order valence-electron chi connectivity index (χ0n) is 19.9. The van der Waals surface area contributed by atoms with Crippen LogP contribution in [-0.2, 0) is 21.2 Å². The molecule has 0 saturated carbocycles. The molecule has 3 rings (SSSR count). The summed E-state index contributed by atoms with van der Waals surface area (Å²) >= 11 is 0. The van der Waals surface area contributed by atoms with E-state index in [1.54, 1.807) is 43.3 Å². The Labute approximate surface area is 199 Å². The molecule has 0 aliphatic rings. The van der Waals surface area contributed by atoms with Gasteiger partial charge in [0.25, 0.3) is 10.0 Å². The molecular formula is C24H29N3O6S. The van der Waals surface area contributed by atoms with E-state index >= 15 is 0 Å². The van der Waals surface area contributed by atoms with Gasteiger partial charge in [-0.2, -0.15) is 0 Å². The van der Waals surface area contributed by atoms with Crippen LogP contribution in [0.2, 0.25) is 0 Å². The van der Waals surface area contributed by atoms with Crippen LogP contribution in [0.5, 0.6) is 11.5 Å². The molecular weight excluding hydrogens is 458 g/mol. The topological polar surface area (TPSA) is 120 Å². The predicted molar refractivity (Wildman–Crippen MR) is 130 cm³/mol. The molecule has 0 aliphatic carbocycles. The van der Waals surface area contributed by atoms with Crippen LogP contribution in [0, 0.1) is 6.92 Å². The van der Waals surface area contributed by atoms with Gasteiger partial charge in [0.05, 0.1) is 35.1 Å². The second kappa shape index (κ2) is 10.6. The number of ether oxygens (including phenoxy) is 2. The highest BCUT2D eigenvalue weighted by molar-refractivity contribution is 7.92. The molecule has 2 aromatic carbocycles. The van der Waals surface area contributed by atoms with E-state index in [2.05, 4.69) is 15.2 Å². The highest BCUT2D eigenvalue weighted by Crippen LogP contribution is 2.36. The van der Waals surface area contributed by atoms with Gasteiger partial charge in [-0.3, -0.25) is 14.8 Å². The lowest BCUT2D eigenvalue weighted by molar-refractivity contribution is -0.114. The van der Waals surface area contributed by atoms with Gasteiger partial charge in [0, 0.05) is 13.0 Å². The zero-order valence-corrected chi connectivity index (χ0v) is 20.7. The summed E-state index contributed by atoms with van der Waals surface area (Å²) in [5.74, 6) is 0.765.